The van der Waals surface area contributed by atoms with Gasteiger partial charge in [-0.2, -0.15) is 0 Å². The number of amides is 1. The van der Waals surface area contributed by atoms with Gasteiger partial charge >= 0.3 is 5.97 Å². The number of piperidine rings is 1. The molecule has 0 unspecified atom stereocenters. The molecule has 1 aromatic carbocycles. The van der Waals surface area contributed by atoms with Gasteiger partial charge in [0.2, 0.25) is 0 Å². The Morgan fingerprint density at radius 1 is 1.22 bits per heavy atom. The van der Waals surface area contributed by atoms with Gasteiger partial charge in [-0.3, -0.25) is 4.79 Å². The highest BCUT2D eigenvalue weighted by atomic mass is 32.1. The van der Waals surface area contributed by atoms with Crippen LogP contribution in [0.25, 0.3) is 10.2 Å². The van der Waals surface area contributed by atoms with E-state index in [1.165, 1.54) is 23.5 Å². The number of halogens is 1. The van der Waals surface area contributed by atoms with Crippen LogP contribution in [0, 0.1) is 19.7 Å². The molecular weight excluding hydrogens is 431 g/mol. The third kappa shape index (κ3) is 4.29. The van der Waals surface area contributed by atoms with Crippen molar-refractivity contribution in [2.24, 2.45) is 0 Å². The Morgan fingerprint density at radius 3 is 2.62 bits per heavy atom. The molecule has 1 saturated heterocycles. The number of anilines is 1. The van der Waals surface area contributed by atoms with Gasteiger partial charge in [-0.1, -0.05) is 12.1 Å². The maximum absolute atomic E-state index is 14.0. The third-order valence-corrected chi connectivity index (χ3v) is 6.76. The molecule has 4 rings (SSSR count). The lowest BCUT2D eigenvalue weighted by Crippen LogP contribution is -2.42. The first-order valence-electron chi connectivity index (χ1n) is 10.6. The summed E-state index contributed by atoms with van der Waals surface area (Å²) in [4.78, 5) is 37.0. The molecule has 0 spiro atoms. The molecule has 0 bridgehead atoms. The highest BCUT2D eigenvalue weighted by Crippen LogP contribution is 2.35. The second kappa shape index (κ2) is 9.20. The van der Waals surface area contributed by atoms with E-state index in [0.29, 0.717) is 49.1 Å². The number of esters is 1. The maximum atomic E-state index is 14.0. The maximum Gasteiger partial charge on any atom is 0.348 e. The van der Waals surface area contributed by atoms with Crippen molar-refractivity contribution in [3.63, 3.8) is 0 Å². The van der Waals surface area contributed by atoms with Crippen LogP contribution >= 0.6 is 11.3 Å². The van der Waals surface area contributed by atoms with Crippen LogP contribution < -0.4 is 5.32 Å². The molecule has 1 N–H and O–H groups in total. The third-order valence-electron chi connectivity index (χ3n) is 5.59. The molecule has 0 saturated carbocycles. The standard InChI is InChI=1S/C23H25FN4O3S/c1-4-31-23(30)19-13(2)18-20(25-14(3)26-21(18)32-19)27-15-9-11-28(12-10-15)22(29)16-7-5-6-8-17(16)24/h5-8,15H,4,9-12H2,1-3H3,(H,25,26,27). The molecule has 3 heterocycles. The fraction of sp³-hybridized carbons (Fsp3) is 0.391. The van der Waals surface area contributed by atoms with E-state index in [2.05, 4.69) is 15.3 Å². The van der Waals surface area contributed by atoms with Gasteiger partial charge in [0.05, 0.1) is 17.6 Å². The summed E-state index contributed by atoms with van der Waals surface area (Å²) in [5.41, 5.74) is 0.908. The summed E-state index contributed by atoms with van der Waals surface area (Å²) < 4.78 is 19.2. The number of thiophene rings is 1. The number of nitrogens with one attached hydrogen (secondary N) is 1. The van der Waals surface area contributed by atoms with E-state index in [4.69, 9.17) is 4.74 Å². The molecule has 0 aliphatic carbocycles. The lowest BCUT2D eigenvalue weighted by atomic mass is 10.0. The zero-order valence-electron chi connectivity index (χ0n) is 18.3. The van der Waals surface area contributed by atoms with Gasteiger partial charge in [0, 0.05) is 19.1 Å². The quantitative estimate of drug-likeness (QED) is 0.575. The summed E-state index contributed by atoms with van der Waals surface area (Å²) in [5.74, 6) is 0.174. The predicted molar refractivity (Wildman–Crippen MR) is 122 cm³/mol. The number of nitrogens with zero attached hydrogens (tertiary/aromatic N) is 3. The lowest BCUT2D eigenvalue weighted by molar-refractivity contribution is 0.0531. The second-order valence-electron chi connectivity index (χ2n) is 7.77. The monoisotopic (exact) mass is 456 g/mol. The summed E-state index contributed by atoms with van der Waals surface area (Å²) in [6, 6.07) is 6.16. The average molecular weight is 457 g/mol. The van der Waals surface area contributed by atoms with Crippen LogP contribution in [0.2, 0.25) is 0 Å². The summed E-state index contributed by atoms with van der Waals surface area (Å²) in [5, 5.41) is 4.32. The Kier molecular flexibility index (Phi) is 6.36. The first-order chi connectivity index (χ1) is 15.4. The van der Waals surface area contributed by atoms with Crippen LogP contribution in [0.3, 0.4) is 0 Å². The zero-order valence-corrected chi connectivity index (χ0v) is 19.1. The minimum atomic E-state index is -0.498. The van der Waals surface area contributed by atoms with Crippen molar-refractivity contribution in [3.8, 4) is 0 Å². The van der Waals surface area contributed by atoms with Crippen molar-refractivity contribution < 1.29 is 18.7 Å². The Hall–Kier alpha value is -3.07. The Bertz CT molecular complexity index is 1170. The van der Waals surface area contributed by atoms with Crippen LogP contribution in [0.1, 0.15) is 51.2 Å². The molecule has 7 nitrogen and oxygen atoms in total. The number of carbonyl (C=O) groups excluding carboxylic acids is 2. The normalized spacial score (nSPS) is 14.6. The smallest absolute Gasteiger partial charge is 0.348 e. The number of rotatable bonds is 5. The van der Waals surface area contributed by atoms with Crippen molar-refractivity contribution in [1.29, 1.82) is 0 Å². The number of fused-ring (bicyclic) bond motifs is 1. The van der Waals surface area contributed by atoms with Gasteiger partial charge < -0.3 is 15.0 Å². The number of hydrogen-bond acceptors (Lipinski definition) is 7. The van der Waals surface area contributed by atoms with Crippen LogP contribution in [0.15, 0.2) is 24.3 Å². The molecule has 1 aliphatic rings. The van der Waals surface area contributed by atoms with E-state index in [9.17, 15) is 14.0 Å². The molecule has 0 atom stereocenters. The van der Waals surface area contributed by atoms with E-state index < -0.39 is 5.82 Å². The Balaban J connectivity index is 1.50. The number of benzene rings is 1. The van der Waals surface area contributed by atoms with Crippen molar-refractivity contribution in [2.45, 2.75) is 39.7 Å². The van der Waals surface area contributed by atoms with Crippen LogP contribution in [0.5, 0.6) is 0 Å². The van der Waals surface area contributed by atoms with E-state index in [1.807, 2.05) is 13.8 Å². The fourth-order valence-electron chi connectivity index (χ4n) is 3.97. The Labute approximate surface area is 189 Å². The summed E-state index contributed by atoms with van der Waals surface area (Å²) in [7, 11) is 0. The van der Waals surface area contributed by atoms with Gasteiger partial charge in [-0.15, -0.1) is 11.3 Å². The number of likely N-dealkylation sites (tertiary alicyclic amines) is 1. The SMILES string of the molecule is CCOC(=O)c1sc2nc(C)nc(NC3CCN(C(=O)c4ccccc4F)CC3)c2c1C. The first-order valence-corrected chi connectivity index (χ1v) is 11.5. The predicted octanol–water partition coefficient (Wildman–Crippen LogP) is 4.34. The largest absolute Gasteiger partial charge is 0.462 e. The lowest BCUT2D eigenvalue weighted by Gasteiger charge is -2.33. The molecular formula is C23H25FN4O3S. The van der Waals surface area contributed by atoms with Crippen molar-refractivity contribution in [1.82, 2.24) is 14.9 Å². The molecule has 0 radical (unpaired) electrons. The van der Waals surface area contributed by atoms with Crippen molar-refractivity contribution >= 4 is 39.2 Å². The molecule has 32 heavy (non-hydrogen) atoms. The van der Waals surface area contributed by atoms with E-state index in [0.717, 1.165) is 15.8 Å². The highest BCUT2D eigenvalue weighted by Gasteiger charge is 2.27. The fourth-order valence-corrected chi connectivity index (χ4v) is 5.09. The molecule has 1 fully saturated rings. The van der Waals surface area contributed by atoms with E-state index >= 15 is 0 Å². The average Bonchev–Trinajstić information content (AvgIpc) is 3.10. The van der Waals surface area contributed by atoms with Crippen LogP contribution in [-0.4, -0.2) is 52.5 Å². The molecule has 2 aromatic heterocycles. The minimum absolute atomic E-state index is 0.0995. The number of hydrogen-bond donors (Lipinski definition) is 1. The number of aromatic nitrogens is 2. The second-order valence-corrected chi connectivity index (χ2v) is 8.77. The van der Waals surface area contributed by atoms with Gasteiger partial charge in [0.25, 0.3) is 5.91 Å². The highest BCUT2D eigenvalue weighted by molar-refractivity contribution is 7.20. The minimum Gasteiger partial charge on any atom is -0.462 e. The van der Waals surface area contributed by atoms with Gasteiger partial charge in [0.1, 0.15) is 27.2 Å². The topological polar surface area (TPSA) is 84.4 Å². The molecule has 9 heteroatoms. The molecule has 1 aliphatic heterocycles. The van der Waals surface area contributed by atoms with Gasteiger partial charge in [-0.25, -0.2) is 19.2 Å². The van der Waals surface area contributed by atoms with Crippen molar-refractivity contribution in [3.05, 3.63) is 51.9 Å². The van der Waals surface area contributed by atoms with E-state index in [1.54, 1.807) is 24.0 Å². The number of ether oxygens (including phenoxy) is 1. The number of aryl methyl sites for hydroxylation is 2. The summed E-state index contributed by atoms with van der Waals surface area (Å²) >= 11 is 1.31. The van der Waals surface area contributed by atoms with Gasteiger partial charge in [-0.05, 0) is 51.3 Å². The molecule has 168 valence electrons. The molecule has 1 amide bonds. The molecule has 3 aromatic rings. The van der Waals surface area contributed by atoms with Crippen LogP contribution in [-0.2, 0) is 4.74 Å². The van der Waals surface area contributed by atoms with Crippen LogP contribution in [0.4, 0.5) is 10.2 Å². The summed E-state index contributed by atoms with van der Waals surface area (Å²) in [6.07, 6.45) is 1.41. The zero-order chi connectivity index (χ0) is 22.8. The number of carbonyl (C=O) groups is 2. The van der Waals surface area contributed by atoms with E-state index in [-0.39, 0.29) is 23.5 Å². The van der Waals surface area contributed by atoms with Gasteiger partial charge in [0.15, 0.2) is 0 Å². The summed E-state index contributed by atoms with van der Waals surface area (Å²) in [6.45, 7) is 6.83. The first kappa shape index (κ1) is 22.1. The van der Waals surface area contributed by atoms with Crippen molar-refractivity contribution in [2.75, 3.05) is 25.0 Å². The Morgan fingerprint density at radius 2 is 1.94 bits per heavy atom.